The second kappa shape index (κ2) is 5.40. The Hall–Kier alpha value is -0.620. The molecule has 1 aliphatic carbocycles. The van der Waals surface area contributed by atoms with E-state index in [9.17, 15) is 13.2 Å². The number of carbonyl (C=O) groups is 1. The number of rotatable bonds is 4. The van der Waals surface area contributed by atoms with Crippen LogP contribution in [0.4, 0.5) is 0 Å². The van der Waals surface area contributed by atoms with E-state index in [-0.39, 0.29) is 11.4 Å². The van der Waals surface area contributed by atoms with Crippen LogP contribution in [-0.2, 0) is 19.4 Å². The van der Waals surface area contributed by atoms with Crippen LogP contribution in [0.5, 0.6) is 0 Å². The molecule has 19 heavy (non-hydrogen) atoms. The third kappa shape index (κ3) is 3.28. The van der Waals surface area contributed by atoms with Gasteiger partial charge in [-0.1, -0.05) is 19.8 Å². The van der Waals surface area contributed by atoms with Crippen molar-refractivity contribution in [3.05, 3.63) is 0 Å². The largest absolute Gasteiger partial charge is 0.481 e. The standard InChI is InChI=1S/C13H22O5S/c1-10(12(14)15)9-19(16,17)11-4-7-18-13(8-11)5-2-3-6-13/h10-11H,2-9H2,1H3,(H,14,15). The van der Waals surface area contributed by atoms with Gasteiger partial charge < -0.3 is 9.84 Å². The van der Waals surface area contributed by atoms with Crippen molar-refractivity contribution in [2.75, 3.05) is 12.4 Å². The Morgan fingerprint density at radius 2 is 2.05 bits per heavy atom. The Bertz CT molecular complexity index is 436. The Kier molecular flexibility index (Phi) is 4.20. The number of carboxylic acid groups (broad SMARTS) is 1. The summed E-state index contributed by atoms with van der Waals surface area (Å²) in [6.07, 6.45) is 5.11. The molecule has 2 unspecified atom stereocenters. The van der Waals surface area contributed by atoms with Crippen LogP contribution in [-0.4, -0.2) is 42.7 Å². The number of aliphatic carboxylic acids is 1. The lowest BCUT2D eigenvalue weighted by Gasteiger charge is -2.38. The van der Waals surface area contributed by atoms with Gasteiger partial charge in [-0.25, -0.2) is 8.42 Å². The van der Waals surface area contributed by atoms with Crippen molar-refractivity contribution in [1.29, 1.82) is 0 Å². The SMILES string of the molecule is CC(CS(=O)(=O)C1CCOC2(CCCC2)C1)C(=O)O. The molecule has 2 fully saturated rings. The molecule has 6 heteroatoms. The summed E-state index contributed by atoms with van der Waals surface area (Å²) in [5.41, 5.74) is -0.248. The normalized spacial score (nSPS) is 28.4. The molecular weight excluding hydrogens is 268 g/mol. The predicted octanol–water partition coefficient (Wildman–Crippen LogP) is 1.61. The number of ether oxygens (including phenoxy) is 1. The molecule has 0 aromatic carbocycles. The first-order chi connectivity index (χ1) is 8.85. The molecule has 2 rings (SSSR count). The van der Waals surface area contributed by atoms with E-state index in [1.165, 1.54) is 6.92 Å². The van der Waals surface area contributed by atoms with Crippen LogP contribution in [0.2, 0.25) is 0 Å². The zero-order valence-electron chi connectivity index (χ0n) is 11.3. The molecule has 0 aromatic rings. The summed E-state index contributed by atoms with van der Waals surface area (Å²) in [6.45, 7) is 1.93. The molecule has 110 valence electrons. The number of hydrogen-bond acceptors (Lipinski definition) is 4. The van der Waals surface area contributed by atoms with Gasteiger partial charge in [-0.2, -0.15) is 0 Å². The molecule has 1 heterocycles. The van der Waals surface area contributed by atoms with Gasteiger partial charge in [0, 0.05) is 6.61 Å². The van der Waals surface area contributed by atoms with Crippen LogP contribution in [0, 0.1) is 5.92 Å². The van der Waals surface area contributed by atoms with E-state index >= 15 is 0 Å². The van der Waals surface area contributed by atoms with E-state index in [2.05, 4.69) is 0 Å². The lowest BCUT2D eigenvalue weighted by atomic mass is 9.92. The van der Waals surface area contributed by atoms with Crippen LogP contribution in [0.1, 0.15) is 45.4 Å². The molecule has 1 aliphatic heterocycles. The number of sulfone groups is 1. The fourth-order valence-corrected chi connectivity index (χ4v) is 5.34. The maximum Gasteiger partial charge on any atom is 0.307 e. The van der Waals surface area contributed by atoms with Crippen molar-refractivity contribution < 1.29 is 23.1 Å². The third-order valence-corrected chi connectivity index (χ3v) is 6.76. The molecule has 5 nitrogen and oxygen atoms in total. The maximum atomic E-state index is 12.3. The average molecular weight is 290 g/mol. The van der Waals surface area contributed by atoms with Crippen LogP contribution in [0.25, 0.3) is 0 Å². The zero-order valence-corrected chi connectivity index (χ0v) is 12.1. The number of hydrogen-bond donors (Lipinski definition) is 1. The minimum atomic E-state index is -3.35. The van der Waals surface area contributed by atoms with Crippen LogP contribution in [0.3, 0.4) is 0 Å². The van der Waals surface area contributed by atoms with Gasteiger partial charge in [-0.05, 0) is 25.7 Å². The van der Waals surface area contributed by atoms with E-state index in [0.29, 0.717) is 19.4 Å². The van der Waals surface area contributed by atoms with E-state index in [4.69, 9.17) is 9.84 Å². The van der Waals surface area contributed by atoms with Crippen LogP contribution in [0.15, 0.2) is 0 Å². The summed E-state index contributed by atoms with van der Waals surface area (Å²) in [5.74, 6) is -2.15. The van der Waals surface area contributed by atoms with Gasteiger partial charge in [0.2, 0.25) is 0 Å². The molecule has 1 spiro atoms. The minimum Gasteiger partial charge on any atom is -0.481 e. The highest BCUT2D eigenvalue weighted by Gasteiger charge is 2.44. The second-order valence-electron chi connectivity index (χ2n) is 5.92. The fourth-order valence-electron chi connectivity index (χ4n) is 3.21. The van der Waals surface area contributed by atoms with Crippen molar-refractivity contribution in [3.63, 3.8) is 0 Å². The average Bonchev–Trinajstić information content (AvgIpc) is 2.76. The summed E-state index contributed by atoms with van der Waals surface area (Å²) in [4.78, 5) is 10.8. The van der Waals surface area contributed by atoms with Crippen molar-refractivity contribution in [2.45, 2.75) is 56.3 Å². The van der Waals surface area contributed by atoms with Crippen LogP contribution >= 0.6 is 0 Å². The Labute approximate surface area is 114 Å². The summed E-state index contributed by atoms with van der Waals surface area (Å²) in [7, 11) is -3.35. The molecule has 1 saturated heterocycles. The molecule has 1 saturated carbocycles. The molecule has 0 aromatic heterocycles. The van der Waals surface area contributed by atoms with Crippen molar-refractivity contribution in [1.82, 2.24) is 0 Å². The van der Waals surface area contributed by atoms with Crippen molar-refractivity contribution >= 4 is 15.8 Å². The molecule has 2 atom stereocenters. The molecule has 0 radical (unpaired) electrons. The fraction of sp³-hybridized carbons (Fsp3) is 0.923. The Morgan fingerprint density at radius 3 is 2.63 bits per heavy atom. The van der Waals surface area contributed by atoms with Gasteiger partial charge in [-0.3, -0.25) is 4.79 Å². The molecule has 0 amide bonds. The number of carboxylic acids is 1. The summed E-state index contributed by atoms with van der Waals surface area (Å²) < 4.78 is 30.5. The Balaban J connectivity index is 2.05. The van der Waals surface area contributed by atoms with Gasteiger partial charge in [-0.15, -0.1) is 0 Å². The zero-order chi connectivity index (χ0) is 14.1. The first-order valence-corrected chi connectivity index (χ1v) is 8.65. The lowest BCUT2D eigenvalue weighted by molar-refractivity contribution is -0.140. The molecule has 2 aliphatic rings. The first-order valence-electron chi connectivity index (χ1n) is 6.93. The highest BCUT2D eigenvalue weighted by Crippen LogP contribution is 2.41. The van der Waals surface area contributed by atoms with E-state index in [0.717, 1.165) is 25.7 Å². The van der Waals surface area contributed by atoms with Gasteiger partial charge in [0.25, 0.3) is 0 Å². The highest BCUT2D eigenvalue weighted by molar-refractivity contribution is 7.92. The van der Waals surface area contributed by atoms with Gasteiger partial charge in [0.1, 0.15) is 0 Å². The van der Waals surface area contributed by atoms with E-state index < -0.39 is 27.0 Å². The monoisotopic (exact) mass is 290 g/mol. The third-order valence-electron chi connectivity index (χ3n) is 4.37. The minimum absolute atomic E-state index is 0.248. The quantitative estimate of drug-likeness (QED) is 0.851. The van der Waals surface area contributed by atoms with Crippen molar-refractivity contribution in [3.8, 4) is 0 Å². The Morgan fingerprint density at radius 1 is 1.42 bits per heavy atom. The van der Waals surface area contributed by atoms with Gasteiger partial charge >= 0.3 is 5.97 Å². The summed E-state index contributed by atoms with van der Waals surface area (Å²) >= 11 is 0. The second-order valence-corrected chi connectivity index (χ2v) is 8.25. The first kappa shape index (κ1) is 14.8. The van der Waals surface area contributed by atoms with E-state index in [1.54, 1.807) is 0 Å². The highest BCUT2D eigenvalue weighted by atomic mass is 32.2. The molecule has 0 bridgehead atoms. The van der Waals surface area contributed by atoms with E-state index in [1.807, 2.05) is 0 Å². The summed E-state index contributed by atoms with van der Waals surface area (Å²) in [6, 6.07) is 0. The maximum absolute atomic E-state index is 12.3. The van der Waals surface area contributed by atoms with Crippen molar-refractivity contribution in [2.24, 2.45) is 5.92 Å². The molecular formula is C13H22O5S. The predicted molar refractivity (Wildman–Crippen MR) is 70.8 cm³/mol. The molecule has 1 N–H and O–H groups in total. The topological polar surface area (TPSA) is 80.7 Å². The summed E-state index contributed by atoms with van der Waals surface area (Å²) in [5, 5.41) is 8.43. The lowest BCUT2D eigenvalue weighted by Crippen LogP contribution is -2.44. The van der Waals surface area contributed by atoms with Gasteiger partial charge in [0.05, 0.1) is 22.5 Å². The van der Waals surface area contributed by atoms with Gasteiger partial charge in [0.15, 0.2) is 9.84 Å². The smallest absolute Gasteiger partial charge is 0.307 e. The van der Waals surface area contributed by atoms with Crippen LogP contribution < -0.4 is 0 Å².